The molecule has 1 amide bonds. The average molecular weight is 498 g/mol. The normalized spacial score (nSPS) is 15.3. The molecule has 1 fully saturated rings. The maximum absolute atomic E-state index is 13.0. The minimum atomic E-state index is -3.67. The molecule has 2 heterocycles. The van der Waals surface area contributed by atoms with E-state index in [-0.39, 0.29) is 35.6 Å². The highest BCUT2D eigenvalue weighted by Crippen LogP contribution is 2.29. The second kappa shape index (κ2) is 9.77. The van der Waals surface area contributed by atoms with Crippen molar-refractivity contribution in [2.75, 3.05) is 18.4 Å². The third kappa shape index (κ3) is 5.11. The quantitative estimate of drug-likeness (QED) is 0.499. The number of carbonyl (C=O) groups is 2. The summed E-state index contributed by atoms with van der Waals surface area (Å²) in [6, 6.07) is 12.1. The predicted octanol–water partition coefficient (Wildman–Crippen LogP) is 4.67. The van der Waals surface area contributed by atoms with Crippen molar-refractivity contribution in [2.45, 2.75) is 38.5 Å². The first-order valence-electron chi connectivity index (χ1n) is 11.1. The average Bonchev–Trinajstić information content (AvgIpc) is 3.29. The van der Waals surface area contributed by atoms with Crippen molar-refractivity contribution in [1.29, 1.82) is 0 Å². The molecule has 0 saturated carbocycles. The largest absolute Gasteiger partial charge is 0.302 e. The number of hydrogen-bond donors (Lipinski definition) is 1. The van der Waals surface area contributed by atoms with Crippen LogP contribution in [-0.4, -0.2) is 42.5 Å². The van der Waals surface area contributed by atoms with Gasteiger partial charge in [-0.3, -0.25) is 9.59 Å². The van der Waals surface area contributed by atoms with Crippen LogP contribution in [0.1, 0.15) is 41.3 Å². The molecule has 34 heavy (non-hydrogen) atoms. The maximum Gasteiger partial charge on any atom is 0.243 e. The summed E-state index contributed by atoms with van der Waals surface area (Å²) < 4.78 is 27.3. The number of anilines is 1. The third-order valence-corrected chi connectivity index (χ3v) is 8.93. The molecule has 3 aromatic rings. The van der Waals surface area contributed by atoms with Crippen LogP contribution in [0.3, 0.4) is 0 Å². The van der Waals surface area contributed by atoms with E-state index in [4.69, 9.17) is 0 Å². The number of rotatable bonds is 6. The van der Waals surface area contributed by atoms with Gasteiger partial charge in [-0.1, -0.05) is 24.3 Å². The van der Waals surface area contributed by atoms with Gasteiger partial charge >= 0.3 is 0 Å². The van der Waals surface area contributed by atoms with Crippen molar-refractivity contribution < 1.29 is 18.0 Å². The van der Waals surface area contributed by atoms with E-state index in [1.165, 1.54) is 58.0 Å². The van der Waals surface area contributed by atoms with Gasteiger partial charge in [0.05, 0.1) is 10.6 Å². The topological polar surface area (TPSA) is 96.4 Å². The van der Waals surface area contributed by atoms with Gasteiger partial charge < -0.3 is 5.32 Å². The Balaban J connectivity index is 1.36. The summed E-state index contributed by atoms with van der Waals surface area (Å²) >= 11 is 1.38. The van der Waals surface area contributed by atoms with E-state index in [0.29, 0.717) is 23.5 Å². The lowest BCUT2D eigenvalue weighted by Gasteiger charge is -2.30. The highest BCUT2D eigenvalue weighted by Gasteiger charge is 2.32. The smallest absolute Gasteiger partial charge is 0.243 e. The van der Waals surface area contributed by atoms with Crippen LogP contribution in [0.4, 0.5) is 5.13 Å². The SMILES string of the molecule is CC(=O)c1ccc(S(=O)(=O)N2CCC(C(=O)Nc3nc(-c4ccc(C)c(C)c4)cs3)CC2)cc1. The highest BCUT2D eigenvalue weighted by atomic mass is 32.2. The lowest BCUT2D eigenvalue weighted by molar-refractivity contribution is -0.120. The van der Waals surface area contributed by atoms with Gasteiger partial charge in [-0.25, -0.2) is 13.4 Å². The first-order chi connectivity index (χ1) is 16.1. The Hall–Kier alpha value is -2.88. The van der Waals surface area contributed by atoms with Crippen molar-refractivity contribution in [3.05, 3.63) is 64.5 Å². The molecule has 7 nitrogen and oxygen atoms in total. The number of thiazole rings is 1. The molecule has 0 unspecified atom stereocenters. The van der Waals surface area contributed by atoms with Crippen LogP contribution >= 0.6 is 11.3 Å². The van der Waals surface area contributed by atoms with Crippen LogP contribution in [0, 0.1) is 19.8 Å². The molecule has 1 aromatic heterocycles. The molecular formula is C25H27N3O4S2. The van der Waals surface area contributed by atoms with Gasteiger partial charge in [0.1, 0.15) is 0 Å². The molecular weight excluding hydrogens is 470 g/mol. The molecule has 0 bridgehead atoms. The van der Waals surface area contributed by atoms with Crippen molar-refractivity contribution >= 4 is 38.2 Å². The zero-order valence-corrected chi connectivity index (χ0v) is 21.0. The van der Waals surface area contributed by atoms with Crippen LogP contribution in [-0.2, 0) is 14.8 Å². The number of aryl methyl sites for hydroxylation is 2. The van der Waals surface area contributed by atoms with E-state index in [1.54, 1.807) is 0 Å². The first-order valence-corrected chi connectivity index (χ1v) is 13.4. The van der Waals surface area contributed by atoms with E-state index < -0.39 is 10.0 Å². The summed E-state index contributed by atoms with van der Waals surface area (Å²) in [6.07, 6.45) is 0.873. The number of Topliss-reactive ketones (excluding diaryl/α,β-unsaturated/α-hetero) is 1. The molecule has 0 atom stereocenters. The molecule has 1 aliphatic heterocycles. The van der Waals surface area contributed by atoms with Crippen LogP contribution < -0.4 is 5.32 Å². The Labute approximate surface area is 203 Å². The zero-order valence-electron chi connectivity index (χ0n) is 19.4. The second-order valence-electron chi connectivity index (χ2n) is 8.59. The number of carbonyl (C=O) groups excluding carboxylic acids is 2. The minimum absolute atomic E-state index is 0.114. The van der Waals surface area contributed by atoms with Gasteiger partial charge in [-0.05, 0) is 62.9 Å². The van der Waals surface area contributed by atoms with Crippen LogP contribution in [0.15, 0.2) is 52.7 Å². The number of benzene rings is 2. The molecule has 1 N–H and O–H groups in total. The molecule has 0 spiro atoms. The fourth-order valence-electron chi connectivity index (χ4n) is 3.94. The summed E-state index contributed by atoms with van der Waals surface area (Å²) in [7, 11) is -3.67. The standard InChI is InChI=1S/C25H27N3O4S2/c1-16-4-5-21(14-17(16)2)23-15-33-25(26-23)27-24(30)20-10-12-28(13-11-20)34(31,32)22-8-6-19(7-9-22)18(3)29/h4-9,14-15,20H,10-13H2,1-3H3,(H,26,27,30). The highest BCUT2D eigenvalue weighted by molar-refractivity contribution is 7.89. The first kappa shape index (κ1) is 24.3. The van der Waals surface area contributed by atoms with Gasteiger partial charge in [0.15, 0.2) is 10.9 Å². The number of piperidine rings is 1. The van der Waals surface area contributed by atoms with E-state index >= 15 is 0 Å². The number of amides is 1. The minimum Gasteiger partial charge on any atom is -0.302 e. The molecule has 1 aliphatic rings. The Bertz CT molecular complexity index is 1320. The number of hydrogen-bond acceptors (Lipinski definition) is 6. The predicted molar refractivity (Wildman–Crippen MR) is 134 cm³/mol. The Morgan fingerprint density at radius 3 is 2.32 bits per heavy atom. The number of nitrogens with one attached hydrogen (secondary N) is 1. The zero-order chi connectivity index (χ0) is 24.5. The van der Waals surface area contributed by atoms with Crippen molar-refractivity contribution in [2.24, 2.45) is 5.92 Å². The number of nitrogens with zero attached hydrogens (tertiary/aromatic N) is 2. The van der Waals surface area contributed by atoms with Gasteiger partial charge in [-0.2, -0.15) is 4.31 Å². The van der Waals surface area contributed by atoms with Crippen LogP contribution in [0.2, 0.25) is 0 Å². The lowest BCUT2D eigenvalue weighted by Crippen LogP contribution is -2.41. The molecule has 178 valence electrons. The molecule has 2 aromatic carbocycles. The second-order valence-corrected chi connectivity index (χ2v) is 11.4. The molecule has 0 radical (unpaired) electrons. The van der Waals surface area contributed by atoms with Crippen molar-refractivity contribution in [3.63, 3.8) is 0 Å². The van der Waals surface area contributed by atoms with E-state index in [0.717, 1.165) is 11.3 Å². The third-order valence-electron chi connectivity index (χ3n) is 6.26. The molecule has 0 aliphatic carbocycles. The Morgan fingerprint density at radius 2 is 1.71 bits per heavy atom. The number of aromatic nitrogens is 1. The Morgan fingerprint density at radius 1 is 1.03 bits per heavy atom. The Kier molecular flexibility index (Phi) is 6.97. The lowest BCUT2D eigenvalue weighted by atomic mass is 9.97. The summed E-state index contributed by atoms with van der Waals surface area (Å²) in [5.74, 6) is -0.526. The summed E-state index contributed by atoms with van der Waals surface area (Å²) in [5.41, 5.74) is 4.70. The summed E-state index contributed by atoms with van der Waals surface area (Å²) in [5, 5.41) is 5.36. The molecule has 1 saturated heterocycles. The van der Waals surface area contributed by atoms with Gasteiger partial charge in [-0.15, -0.1) is 11.3 Å². The van der Waals surface area contributed by atoms with Crippen molar-refractivity contribution in [3.8, 4) is 11.3 Å². The van der Waals surface area contributed by atoms with E-state index in [9.17, 15) is 18.0 Å². The van der Waals surface area contributed by atoms with E-state index in [2.05, 4.69) is 36.3 Å². The van der Waals surface area contributed by atoms with Crippen LogP contribution in [0.25, 0.3) is 11.3 Å². The fourth-order valence-corrected chi connectivity index (χ4v) is 6.13. The van der Waals surface area contributed by atoms with Crippen molar-refractivity contribution in [1.82, 2.24) is 9.29 Å². The monoisotopic (exact) mass is 497 g/mol. The maximum atomic E-state index is 13.0. The summed E-state index contributed by atoms with van der Waals surface area (Å²) in [6.45, 7) is 6.09. The van der Waals surface area contributed by atoms with Gasteiger partial charge in [0.25, 0.3) is 0 Å². The van der Waals surface area contributed by atoms with Gasteiger partial charge in [0, 0.05) is 35.5 Å². The summed E-state index contributed by atoms with van der Waals surface area (Å²) in [4.78, 5) is 28.9. The number of ketones is 1. The molecule has 4 rings (SSSR count). The van der Waals surface area contributed by atoms with Crippen LogP contribution in [0.5, 0.6) is 0 Å². The number of sulfonamides is 1. The van der Waals surface area contributed by atoms with Gasteiger partial charge in [0.2, 0.25) is 15.9 Å². The fraction of sp³-hybridized carbons (Fsp3) is 0.320. The van der Waals surface area contributed by atoms with E-state index in [1.807, 2.05) is 11.4 Å². The molecule has 9 heteroatoms.